The van der Waals surface area contributed by atoms with Gasteiger partial charge in [0.2, 0.25) is 0 Å². The van der Waals surface area contributed by atoms with E-state index in [1.54, 1.807) is 6.07 Å². The Morgan fingerprint density at radius 1 is 1.27 bits per heavy atom. The second-order valence-corrected chi connectivity index (χ2v) is 6.92. The first kappa shape index (κ1) is 13.7. The highest BCUT2D eigenvalue weighted by molar-refractivity contribution is 7.10. The summed E-state index contributed by atoms with van der Waals surface area (Å²) in [5, 5.41) is 3.21. The van der Waals surface area contributed by atoms with Gasteiger partial charge in [-0.25, -0.2) is 4.79 Å². The van der Waals surface area contributed by atoms with Crippen LogP contribution in [-0.2, 0) is 19.5 Å². The van der Waals surface area contributed by atoms with Crippen LogP contribution >= 0.6 is 11.3 Å². The zero-order valence-corrected chi connectivity index (χ0v) is 13.3. The fraction of sp³-hybridized carbons (Fsp3) is 0.278. The van der Waals surface area contributed by atoms with Crippen molar-refractivity contribution in [2.75, 3.05) is 6.54 Å². The lowest BCUT2D eigenvalue weighted by atomic mass is 10.1. The lowest BCUT2D eigenvalue weighted by molar-refractivity contribution is 0.248. The molecule has 0 fully saturated rings. The molecular weight excluding hydrogens is 294 g/mol. The average Bonchev–Trinajstić information content (AvgIpc) is 2.94. The zero-order chi connectivity index (χ0) is 15.1. The third kappa shape index (κ3) is 2.49. The highest BCUT2D eigenvalue weighted by Crippen LogP contribution is 2.26. The van der Waals surface area contributed by atoms with Gasteiger partial charge in [0.25, 0.3) is 0 Å². The fourth-order valence-corrected chi connectivity index (χ4v) is 4.04. The molecule has 0 bridgehead atoms. The number of nitrogens with zero attached hydrogens (tertiary/aromatic N) is 1. The minimum Gasteiger partial charge on any atom is -0.423 e. The number of fused-ring (bicyclic) bond motifs is 2. The maximum atomic E-state index is 11.8. The van der Waals surface area contributed by atoms with Crippen LogP contribution in [0.5, 0.6) is 0 Å². The average molecular weight is 311 g/mol. The van der Waals surface area contributed by atoms with E-state index in [0.29, 0.717) is 5.58 Å². The molecule has 0 atom stereocenters. The molecule has 0 spiro atoms. The summed E-state index contributed by atoms with van der Waals surface area (Å²) in [6.07, 6.45) is 1.10. The quantitative estimate of drug-likeness (QED) is 0.676. The van der Waals surface area contributed by atoms with Crippen LogP contribution in [0.1, 0.15) is 21.6 Å². The highest BCUT2D eigenvalue weighted by atomic mass is 32.1. The Hall–Kier alpha value is -1.91. The third-order valence-electron chi connectivity index (χ3n) is 4.27. The van der Waals surface area contributed by atoms with Gasteiger partial charge in [0.1, 0.15) is 5.58 Å². The van der Waals surface area contributed by atoms with Gasteiger partial charge in [-0.2, -0.15) is 0 Å². The van der Waals surface area contributed by atoms with E-state index in [-0.39, 0.29) is 5.63 Å². The van der Waals surface area contributed by atoms with Gasteiger partial charge in [0, 0.05) is 36.0 Å². The molecular formula is C18H17NO2S. The molecule has 1 aliphatic rings. The first-order valence-corrected chi connectivity index (χ1v) is 8.38. The van der Waals surface area contributed by atoms with E-state index in [4.69, 9.17) is 4.42 Å². The van der Waals surface area contributed by atoms with Crippen molar-refractivity contribution in [1.82, 2.24) is 4.90 Å². The number of thiophene rings is 1. The Morgan fingerprint density at radius 2 is 2.18 bits per heavy atom. The number of benzene rings is 1. The van der Waals surface area contributed by atoms with Crippen LogP contribution in [0.25, 0.3) is 11.0 Å². The van der Waals surface area contributed by atoms with Crippen LogP contribution in [0.3, 0.4) is 0 Å². The molecule has 3 aromatic rings. The molecule has 1 aromatic carbocycles. The van der Waals surface area contributed by atoms with Crippen LogP contribution in [0.4, 0.5) is 0 Å². The van der Waals surface area contributed by atoms with Crippen molar-refractivity contribution in [1.29, 1.82) is 0 Å². The Bertz CT molecular complexity index is 893. The molecule has 0 unspecified atom stereocenters. The summed E-state index contributed by atoms with van der Waals surface area (Å²) in [5.41, 5.74) is 4.02. The molecule has 0 saturated heterocycles. The van der Waals surface area contributed by atoms with Crippen molar-refractivity contribution in [2.45, 2.75) is 26.4 Å². The molecule has 0 saturated carbocycles. The zero-order valence-electron chi connectivity index (χ0n) is 12.5. The smallest absolute Gasteiger partial charge is 0.336 e. The van der Waals surface area contributed by atoms with Crippen molar-refractivity contribution in [3.05, 3.63) is 67.7 Å². The van der Waals surface area contributed by atoms with Gasteiger partial charge in [0.05, 0.1) is 0 Å². The Labute approximate surface area is 132 Å². The van der Waals surface area contributed by atoms with Crippen molar-refractivity contribution >= 4 is 22.3 Å². The second kappa shape index (κ2) is 5.38. The molecule has 2 aromatic heterocycles. The maximum absolute atomic E-state index is 11.8. The van der Waals surface area contributed by atoms with E-state index in [1.165, 1.54) is 10.4 Å². The van der Waals surface area contributed by atoms with Crippen LogP contribution in [0.15, 0.2) is 44.9 Å². The maximum Gasteiger partial charge on any atom is 0.336 e. The molecule has 112 valence electrons. The van der Waals surface area contributed by atoms with Crippen LogP contribution in [-0.4, -0.2) is 11.4 Å². The minimum absolute atomic E-state index is 0.263. The lowest BCUT2D eigenvalue weighted by Gasteiger charge is -2.27. The predicted octanol–water partition coefficient (Wildman–Crippen LogP) is 3.72. The van der Waals surface area contributed by atoms with Gasteiger partial charge in [0.15, 0.2) is 0 Å². The van der Waals surface area contributed by atoms with Crippen molar-refractivity contribution in [3.63, 3.8) is 0 Å². The van der Waals surface area contributed by atoms with Gasteiger partial charge in [-0.15, -0.1) is 11.3 Å². The summed E-state index contributed by atoms with van der Waals surface area (Å²) in [7, 11) is 0. The second-order valence-electron chi connectivity index (χ2n) is 5.92. The van der Waals surface area contributed by atoms with Gasteiger partial charge in [-0.05, 0) is 47.5 Å². The lowest BCUT2D eigenvalue weighted by Crippen LogP contribution is -2.29. The van der Waals surface area contributed by atoms with Crippen molar-refractivity contribution < 1.29 is 4.42 Å². The molecule has 1 aliphatic heterocycles. The van der Waals surface area contributed by atoms with Crippen LogP contribution in [0.2, 0.25) is 0 Å². The number of aryl methyl sites for hydroxylation is 1. The molecule has 3 nitrogen and oxygen atoms in total. The van der Waals surface area contributed by atoms with E-state index in [2.05, 4.69) is 28.5 Å². The number of rotatable bonds is 2. The van der Waals surface area contributed by atoms with Gasteiger partial charge >= 0.3 is 5.63 Å². The Balaban J connectivity index is 1.69. The molecule has 22 heavy (non-hydrogen) atoms. The van der Waals surface area contributed by atoms with Crippen LogP contribution in [0, 0.1) is 6.92 Å². The SMILES string of the molecule is Cc1ccc2c(CN3CCc4sccc4C3)cc(=O)oc2c1. The summed E-state index contributed by atoms with van der Waals surface area (Å²) in [5.74, 6) is 0. The standard InChI is InChI=1S/C18H17NO2S/c1-12-2-3-15-14(9-18(20)21-16(15)8-12)11-19-6-4-17-13(10-19)5-7-22-17/h2-3,5,7-9H,4,6,10-11H2,1H3. The summed E-state index contributed by atoms with van der Waals surface area (Å²) < 4.78 is 5.34. The van der Waals surface area contributed by atoms with E-state index in [0.717, 1.165) is 42.6 Å². The molecule has 3 heterocycles. The monoisotopic (exact) mass is 311 g/mol. The molecule has 4 heteroatoms. The fourth-order valence-electron chi connectivity index (χ4n) is 3.15. The van der Waals surface area contributed by atoms with E-state index in [9.17, 15) is 4.79 Å². The van der Waals surface area contributed by atoms with Gasteiger partial charge in [-0.1, -0.05) is 12.1 Å². The number of hydrogen-bond donors (Lipinski definition) is 0. The Morgan fingerprint density at radius 3 is 3.09 bits per heavy atom. The Kier molecular flexibility index (Phi) is 3.36. The predicted molar refractivity (Wildman–Crippen MR) is 89.4 cm³/mol. The number of hydrogen-bond acceptors (Lipinski definition) is 4. The van der Waals surface area contributed by atoms with Gasteiger partial charge < -0.3 is 4.42 Å². The van der Waals surface area contributed by atoms with Crippen LogP contribution < -0.4 is 5.63 Å². The summed E-state index contributed by atoms with van der Waals surface area (Å²) in [6, 6.07) is 9.92. The molecule has 0 radical (unpaired) electrons. The summed E-state index contributed by atoms with van der Waals surface area (Å²) in [4.78, 5) is 15.7. The van der Waals surface area contributed by atoms with Crippen molar-refractivity contribution in [2.24, 2.45) is 0 Å². The molecule has 0 aliphatic carbocycles. The van der Waals surface area contributed by atoms with E-state index >= 15 is 0 Å². The summed E-state index contributed by atoms with van der Waals surface area (Å²) in [6.45, 7) is 4.81. The van der Waals surface area contributed by atoms with Gasteiger partial charge in [-0.3, -0.25) is 4.90 Å². The highest BCUT2D eigenvalue weighted by Gasteiger charge is 2.18. The molecule has 4 rings (SSSR count). The normalized spacial score (nSPS) is 15.1. The molecule has 0 amide bonds. The first-order chi connectivity index (χ1) is 10.7. The van der Waals surface area contributed by atoms with E-state index < -0.39 is 0 Å². The largest absolute Gasteiger partial charge is 0.423 e. The third-order valence-corrected chi connectivity index (χ3v) is 5.29. The van der Waals surface area contributed by atoms with Crippen molar-refractivity contribution in [3.8, 4) is 0 Å². The first-order valence-electron chi connectivity index (χ1n) is 7.50. The minimum atomic E-state index is -0.263. The topological polar surface area (TPSA) is 33.5 Å². The van der Waals surface area contributed by atoms with E-state index in [1.807, 2.05) is 24.3 Å². The summed E-state index contributed by atoms with van der Waals surface area (Å²) >= 11 is 1.85. The molecule has 0 N–H and O–H groups in total.